The Kier molecular flexibility index (Phi) is 4.76. The number of benzene rings is 1. The number of piperidine rings is 1. The van der Waals surface area contributed by atoms with Crippen molar-refractivity contribution >= 4 is 37.9 Å². The summed E-state index contributed by atoms with van der Waals surface area (Å²) in [5, 5.41) is 1.67. The molecule has 0 aliphatic carbocycles. The number of H-pyrrole nitrogens is 1. The molecule has 2 atom stereocenters. The van der Waals surface area contributed by atoms with Gasteiger partial charge in [-0.05, 0) is 46.4 Å². The summed E-state index contributed by atoms with van der Waals surface area (Å²) in [4.78, 5) is 22.9. The Morgan fingerprint density at radius 1 is 1.21 bits per heavy atom. The van der Waals surface area contributed by atoms with Crippen LogP contribution >= 0.6 is 15.9 Å². The van der Waals surface area contributed by atoms with E-state index in [4.69, 9.17) is 0 Å². The van der Waals surface area contributed by atoms with Crippen molar-refractivity contribution in [2.75, 3.05) is 13.1 Å². The minimum atomic E-state index is -0.00328. The molecule has 1 aliphatic heterocycles. The summed E-state index contributed by atoms with van der Waals surface area (Å²) in [5.41, 5.74) is 3.13. The molecule has 5 nitrogen and oxygen atoms in total. The first-order valence-corrected chi connectivity index (χ1v) is 10.8. The van der Waals surface area contributed by atoms with Gasteiger partial charge < -0.3 is 9.55 Å². The van der Waals surface area contributed by atoms with Gasteiger partial charge in [-0.3, -0.25) is 9.69 Å². The van der Waals surface area contributed by atoms with Crippen molar-refractivity contribution in [2.24, 2.45) is 5.92 Å². The molecule has 2 unspecified atom stereocenters. The van der Waals surface area contributed by atoms with Crippen LogP contribution in [0.2, 0.25) is 0 Å². The number of hydrogen-bond acceptors (Lipinski definition) is 3. The van der Waals surface area contributed by atoms with E-state index in [0.717, 1.165) is 42.6 Å². The van der Waals surface area contributed by atoms with Gasteiger partial charge in [0.05, 0.1) is 15.4 Å². The molecule has 1 aliphatic rings. The van der Waals surface area contributed by atoms with Crippen molar-refractivity contribution in [3.8, 4) is 0 Å². The van der Waals surface area contributed by atoms with Crippen LogP contribution in [0.4, 0.5) is 0 Å². The summed E-state index contributed by atoms with van der Waals surface area (Å²) in [6.07, 6.45) is 6.70. The van der Waals surface area contributed by atoms with Gasteiger partial charge in [-0.2, -0.15) is 0 Å². The van der Waals surface area contributed by atoms with Gasteiger partial charge in [0.25, 0.3) is 0 Å². The van der Waals surface area contributed by atoms with Crippen LogP contribution in [-0.4, -0.2) is 32.5 Å². The number of nitrogens with one attached hydrogen (secondary N) is 1. The number of aromatic nitrogens is 3. The highest BCUT2D eigenvalue weighted by Crippen LogP contribution is 2.33. The number of rotatable bonds is 3. The lowest BCUT2D eigenvalue weighted by Gasteiger charge is -2.39. The molecule has 3 aromatic heterocycles. The third-order valence-corrected chi connectivity index (χ3v) is 6.70. The standard InChI is InChI=1S/C23H23BrN4O/c1-15-8-10-27(12-16-5-3-2-4-6-16)14-20(15)28-13-19(24)22(29)18-11-26-23-17(21(18)28)7-9-25-23/h2-7,9,11,13,15,20H,8,10,12,14H2,1H3,(H,25,26). The largest absolute Gasteiger partial charge is 0.346 e. The fraction of sp³-hybridized carbons (Fsp3) is 0.304. The van der Waals surface area contributed by atoms with Gasteiger partial charge >= 0.3 is 0 Å². The van der Waals surface area contributed by atoms with Crippen LogP contribution in [0.15, 0.2) is 64.3 Å². The molecule has 148 valence electrons. The van der Waals surface area contributed by atoms with E-state index >= 15 is 0 Å². The first-order valence-electron chi connectivity index (χ1n) is 10.0. The van der Waals surface area contributed by atoms with E-state index in [0.29, 0.717) is 15.8 Å². The molecule has 0 spiro atoms. The first-order chi connectivity index (χ1) is 14.1. The minimum Gasteiger partial charge on any atom is -0.346 e. The number of pyridine rings is 2. The minimum absolute atomic E-state index is 0.00328. The summed E-state index contributed by atoms with van der Waals surface area (Å²) in [6.45, 7) is 5.31. The van der Waals surface area contributed by atoms with Crippen molar-refractivity contribution in [1.82, 2.24) is 19.4 Å². The van der Waals surface area contributed by atoms with Crippen molar-refractivity contribution in [3.63, 3.8) is 0 Å². The first kappa shape index (κ1) is 18.6. The highest BCUT2D eigenvalue weighted by molar-refractivity contribution is 9.10. The molecule has 1 aromatic carbocycles. The normalized spacial score (nSPS) is 20.5. The maximum Gasteiger partial charge on any atom is 0.205 e. The molecule has 0 amide bonds. The van der Waals surface area contributed by atoms with Gasteiger partial charge in [0.2, 0.25) is 5.43 Å². The summed E-state index contributed by atoms with van der Waals surface area (Å²) in [7, 11) is 0. The molecule has 0 saturated carbocycles. The van der Waals surface area contributed by atoms with Crippen LogP contribution in [0, 0.1) is 5.92 Å². The number of aromatic amines is 1. The van der Waals surface area contributed by atoms with E-state index in [2.05, 4.69) is 72.6 Å². The number of halogens is 1. The van der Waals surface area contributed by atoms with E-state index in [1.54, 1.807) is 6.20 Å². The van der Waals surface area contributed by atoms with Crippen molar-refractivity contribution in [3.05, 3.63) is 75.2 Å². The summed E-state index contributed by atoms with van der Waals surface area (Å²) < 4.78 is 2.90. The maximum absolute atomic E-state index is 12.8. The summed E-state index contributed by atoms with van der Waals surface area (Å²) in [5.74, 6) is 0.516. The third-order valence-electron chi connectivity index (χ3n) is 6.14. The van der Waals surface area contributed by atoms with Crippen molar-refractivity contribution in [1.29, 1.82) is 0 Å². The van der Waals surface area contributed by atoms with Crippen LogP contribution in [0.1, 0.15) is 24.9 Å². The fourth-order valence-electron chi connectivity index (χ4n) is 4.54. The highest BCUT2D eigenvalue weighted by Gasteiger charge is 2.29. The lowest BCUT2D eigenvalue weighted by atomic mass is 9.92. The average molecular weight is 451 g/mol. The van der Waals surface area contributed by atoms with E-state index in [1.165, 1.54) is 5.56 Å². The van der Waals surface area contributed by atoms with Crippen LogP contribution in [-0.2, 0) is 6.54 Å². The molecular formula is C23H23BrN4O. The van der Waals surface area contributed by atoms with Gasteiger partial charge in [0.1, 0.15) is 5.65 Å². The van der Waals surface area contributed by atoms with Gasteiger partial charge in [-0.25, -0.2) is 4.98 Å². The maximum atomic E-state index is 12.8. The van der Waals surface area contributed by atoms with Gasteiger partial charge in [-0.1, -0.05) is 37.3 Å². The molecule has 1 saturated heterocycles. The lowest BCUT2D eigenvalue weighted by Crippen LogP contribution is -2.40. The van der Waals surface area contributed by atoms with Gasteiger partial charge in [-0.15, -0.1) is 0 Å². The quantitative estimate of drug-likeness (QED) is 0.490. The predicted octanol–water partition coefficient (Wildman–Crippen LogP) is 4.72. The van der Waals surface area contributed by atoms with Gasteiger partial charge in [0.15, 0.2) is 0 Å². The van der Waals surface area contributed by atoms with Crippen LogP contribution in [0.25, 0.3) is 21.9 Å². The van der Waals surface area contributed by atoms with E-state index in [1.807, 2.05) is 18.5 Å². The van der Waals surface area contributed by atoms with Crippen LogP contribution < -0.4 is 5.43 Å². The Labute approximate surface area is 177 Å². The molecule has 1 N–H and O–H groups in total. The topological polar surface area (TPSA) is 53.9 Å². The monoisotopic (exact) mass is 450 g/mol. The molecule has 4 heterocycles. The Morgan fingerprint density at radius 2 is 2.03 bits per heavy atom. The Balaban J connectivity index is 1.61. The molecule has 29 heavy (non-hydrogen) atoms. The van der Waals surface area contributed by atoms with E-state index in [-0.39, 0.29) is 11.5 Å². The third kappa shape index (κ3) is 3.30. The molecule has 0 radical (unpaired) electrons. The fourth-order valence-corrected chi connectivity index (χ4v) is 4.97. The average Bonchev–Trinajstić information content (AvgIpc) is 3.22. The number of likely N-dealkylation sites (tertiary alicyclic amines) is 1. The smallest absolute Gasteiger partial charge is 0.205 e. The molecule has 6 heteroatoms. The lowest BCUT2D eigenvalue weighted by molar-refractivity contribution is 0.128. The number of hydrogen-bond donors (Lipinski definition) is 1. The van der Waals surface area contributed by atoms with E-state index < -0.39 is 0 Å². The zero-order valence-corrected chi connectivity index (χ0v) is 17.9. The number of nitrogens with zero attached hydrogens (tertiary/aromatic N) is 3. The van der Waals surface area contributed by atoms with Crippen molar-refractivity contribution < 1.29 is 0 Å². The summed E-state index contributed by atoms with van der Waals surface area (Å²) in [6, 6.07) is 12.9. The zero-order chi connectivity index (χ0) is 20.0. The zero-order valence-electron chi connectivity index (χ0n) is 16.3. The van der Waals surface area contributed by atoms with Crippen molar-refractivity contribution in [2.45, 2.75) is 25.9 Å². The number of fused-ring (bicyclic) bond motifs is 3. The Hall–Kier alpha value is -2.44. The van der Waals surface area contributed by atoms with E-state index in [9.17, 15) is 4.79 Å². The Bertz CT molecular complexity index is 1230. The molecular weight excluding hydrogens is 428 g/mol. The molecule has 5 rings (SSSR count). The Morgan fingerprint density at radius 3 is 2.86 bits per heavy atom. The van der Waals surface area contributed by atoms with Gasteiger partial charge in [0, 0.05) is 43.1 Å². The second-order valence-electron chi connectivity index (χ2n) is 8.03. The van der Waals surface area contributed by atoms with Crippen LogP contribution in [0.5, 0.6) is 0 Å². The SMILES string of the molecule is CC1CCN(Cc2ccccc2)CC1n1cc(Br)c(=O)c2cnc3[nH]ccc3c21. The second-order valence-corrected chi connectivity index (χ2v) is 8.88. The molecule has 1 fully saturated rings. The summed E-state index contributed by atoms with van der Waals surface area (Å²) >= 11 is 3.49. The molecule has 4 aromatic rings. The molecule has 0 bridgehead atoms. The predicted molar refractivity (Wildman–Crippen MR) is 120 cm³/mol. The second kappa shape index (κ2) is 7.43. The highest BCUT2D eigenvalue weighted by atomic mass is 79.9. The van der Waals surface area contributed by atoms with Crippen LogP contribution in [0.3, 0.4) is 0 Å².